The van der Waals surface area contributed by atoms with Gasteiger partial charge >= 0.3 is 0 Å². The molecule has 20 heavy (non-hydrogen) atoms. The van der Waals surface area contributed by atoms with E-state index in [1.54, 1.807) is 20.3 Å². The second kappa shape index (κ2) is 9.30. The van der Waals surface area contributed by atoms with E-state index in [9.17, 15) is 9.90 Å². The lowest BCUT2D eigenvalue weighted by Gasteiger charge is -2.13. The summed E-state index contributed by atoms with van der Waals surface area (Å²) in [7, 11) is 3.16. The van der Waals surface area contributed by atoms with Gasteiger partial charge in [0, 0.05) is 20.2 Å². The van der Waals surface area contributed by atoms with Crippen molar-refractivity contribution in [1.82, 2.24) is 10.6 Å². The second-order valence-corrected chi connectivity index (χ2v) is 4.27. The molecular weight excluding hydrogens is 260 g/mol. The average molecular weight is 282 g/mol. The highest BCUT2D eigenvalue weighted by Gasteiger charge is 2.09. The van der Waals surface area contributed by atoms with E-state index in [0.717, 1.165) is 5.56 Å². The van der Waals surface area contributed by atoms with Crippen LogP contribution in [-0.2, 0) is 9.53 Å². The summed E-state index contributed by atoms with van der Waals surface area (Å²) in [4.78, 5) is 11.4. The zero-order valence-corrected chi connectivity index (χ0v) is 11.9. The van der Waals surface area contributed by atoms with Crippen LogP contribution >= 0.6 is 0 Å². The van der Waals surface area contributed by atoms with Gasteiger partial charge in [-0.05, 0) is 17.7 Å². The van der Waals surface area contributed by atoms with Gasteiger partial charge in [0.05, 0.1) is 26.4 Å². The molecule has 1 unspecified atom stereocenters. The molecule has 0 aliphatic rings. The van der Waals surface area contributed by atoms with Crippen LogP contribution in [0.1, 0.15) is 11.7 Å². The molecule has 0 fully saturated rings. The fourth-order valence-corrected chi connectivity index (χ4v) is 1.64. The minimum absolute atomic E-state index is 0.125. The van der Waals surface area contributed by atoms with Crippen LogP contribution in [0.15, 0.2) is 24.3 Å². The summed E-state index contributed by atoms with van der Waals surface area (Å²) in [6.45, 7) is 1.42. The lowest BCUT2D eigenvalue weighted by Crippen LogP contribution is -2.37. The highest BCUT2D eigenvalue weighted by atomic mass is 16.5. The van der Waals surface area contributed by atoms with Crippen molar-refractivity contribution in [3.63, 3.8) is 0 Å². The molecule has 0 aromatic heterocycles. The molecule has 1 aromatic carbocycles. The van der Waals surface area contributed by atoms with E-state index in [1.807, 2.05) is 18.2 Å². The number of carbonyl (C=O) groups excluding carboxylic acids is 1. The summed E-state index contributed by atoms with van der Waals surface area (Å²) in [6, 6.07) is 7.21. The van der Waals surface area contributed by atoms with E-state index in [1.165, 1.54) is 0 Å². The summed E-state index contributed by atoms with van der Waals surface area (Å²) in [6.07, 6.45) is -0.683. The van der Waals surface area contributed by atoms with Crippen LogP contribution in [0.3, 0.4) is 0 Å². The van der Waals surface area contributed by atoms with Crippen molar-refractivity contribution in [3.05, 3.63) is 29.8 Å². The quantitative estimate of drug-likeness (QED) is 0.559. The van der Waals surface area contributed by atoms with E-state index in [-0.39, 0.29) is 12.5 Å². The van der Waals surface area contributed by atoms with Gasteiger partial charge in [-0.25, -0.2) is 0 Å². The Hall–Kier alpha value is -1.63. The van der Waals surface area contributed by atoms with E-state index in [4.69, 9.17) is 9.47 Å². The van der Waals surface area contributed by atoms with Crippen molar-refractivity contribution in [3.8, 4) is 5.75 Å². The number of aliphatic hydroxyl groups excluding tert-OH is 1. The molecular formula is C14H22N2O4. The highest BCUT2D eigenvalue weighted by molar-refractivity contribution is 5.77. The third-order valence-electron chi connectivity index (χ3n) is 2.73. The highest BCUT2D eigenvalue weighted by Crippen LogP contribution is 2.18. The first-order valence-corrected chi connectivity index (χ1v) is 6.45. The standard InChI is InChI=1S/C14H22N2O4/c1-19-7-6-16-14(18)10-15-9-13(17)11-4-3-5-12(8-11)20-2/h3-5,8,13,15,17H,6-7,9-10H2,1-2H3,(H,16,18). The summed E-state index contributed by atoms with van der Waals surface area (Å²) < 4.78 is 9.92. The number of methoxy groups -OCH3 is 2. The molecule has 1 rings (SSSR count). The molecule has 0 aliphatic carbocycles. The van der Waals surface area contributed by atoms with E-state index >= 15 is 0 Å². The summed E-state index contributed by atoms with van der Waals surface area (Å²) in [5.74, 6) is 0.568. The molecule has 1 atom stereocenters. The number of nitrogens with one attached hydrogen (secondary N) is 2. The van der Waals surface area contributed by atoms with Gasteiger partial charge in [0.1, 0.15) is 5.75 Å². The van der Waals surface area contributed by atoms with Crippen LogP contribution in [-0.4, -0.2) is 51.5 Å². The van der Waals surface area contributed by atoms with Crippen LogP contribution in [0.25, 0.3) is 0 Å². The van der Waals surface area contributed by atoms with Gasteiger partial charge in [0.25, 0.3) is 0 Å². The molecule has 1 amide bonds. The van der Waals surface area contributed by atoms with Crippen molar-refractivity contribution >= 4 is 5.91 Å². The molecule has 0 spiro atoms. The van der Waals surface area contributed by atoms with Crippen LogP contribution < -0.4 is 15.4 Å². The average Bonchev–Trinajstić information content (AvgIpc) is 2.47. The molecule has 6 heteroatoms. The van der Waals surface area contributed by atoms with Gasteiger partial charge in [-0.2, -0.15) is 0 Å². The number of benzene rings is 1. The third-order valence-corrected chi connectivity index (χ3v) is 2.73. The number of carbonyl (C=O) groups is 1. The van der Waals surface area contributed by atoms with Crippen LogP contribution in [0.2, 0.25) is 0 Å². The summed E-state index contributed by atoms with van der Waals surface area (Å²) in [5, 5.41) is 15.6. The molecule has 112 valence electrons. The Balaban J connectivity index is 2.28. The zero-order valence-electron chi connectivity index (χ0n) is 11.9. The maximum atomic E-state index is 11.4. The van der Waals surface area contributed by atoms with E-state index in [0.29, 0.717) is 25.4 Å². The minimum atomic E-state index is -0.683. The number of aliphatic hydroxyl groups is 1. The molecule has 0 saturated carbocycles. The van der Waals surface area contributed by atoms with Crippen LogP contribution in [0, 0.1) is 0 Å². The van der Waals surface area contributed by atoms with Crippen molar-refractivity contribution in [2.45, 2.75) is 6.10 Å². The minimum Gasteiger partial charge on any atom is -0.497 e. The summed E-state index contributed by atoms with van der Waals surface area (Å²) in [5.41, 5.74) is 0.747. The number of hydrogen-bond acceptors (Lipinski definition) is 5. The Morgan fingerprint density at radius 3 is 2.90 bits per heavy atom. The Morgan fingerprint density at radius 2 is 2.20 bits per heavy atom. The predicted molar refractivity (Wildman–Crippen MR) is 75.7 cm³/mol. The maximum absolute atomic E-state index is 11.4. The first-order valence-electron chi connectivity index (χ1n) is 6.45. The van der Waals surface area contributed by atoms with E-state index < -0.39 is 6.10 Å². The molecule has 1 aromatic rings. The largest absolute Gasteiger partial charge is 0.497 e. The van der Waals surface area contributed by atoms with E-state index in [2.05, 4.69) is 10.6 Å². The maximum Gasteiger partial charge on any atom is 0.234 e. The fraction of sp³-hybridized carbons (Fsp3) is 0.500. The summed E-state index contributed by atoms with van der Waals surface area (Å²) >= 11 is 0. The number of hydrogen-bond donors (Lipinski definition) is 3. The number of amides is 1. The lowest BCUT2D eigenvalue weighted by molar-refractivity contribution is -0.120. The molecule has 0 aliphatic heterocycles. The molecule has 0 radical (unpaired) electrons. The first-order chi connectivity index (χ1) is 9.67. The molecule has 6 nitrogen and oxygen atoms in total. The van der Waals surface area contributed by atoms with Crippen molar-refractivity contribution in [2.24, 2.45) is 0 Å². The Kier molecular flexibility index (Phi) is 7.64. The van der Waals surface area contributed by atoms with Crippen molar-refractivity contribution in [1.29, 1.82) is 0 Å². The van der Waals surface area contributed by atoms with Crippen LogP contribution in [0.4, 0.5) is 0 Å². The number of ether oxygens (including phenoxy) is 2. The molecule has 0 saturated heterocycles. The van der Waals surface area contributed by atoms with Crippen molar-refractivity contribution in [2.75, 3.05) is 40.5 Å². The van der Waals surface area contributed by atoms with Gasteiger partial charge in [-0.1, -0.05) is 12.1 Å². The van der Waals surface area contributed by atoms with Gasteiger partial charge in [0.15, 0.2) is 0 Å². The topological polar surface area (TPSA) is 79.8 Å². The SMILES string of the molecule is COCCNC(=O)CNCC(O)c1cccc(OC)c1. The Bertz CT molecular complexity index is 412. The van der Waals surface area contributed by atoms with Crippen molar-refractivity contribution < 1.29 is 19.4 Å². The van der Waals surface area contributed by atoms with Crippen LogP contribution in [0.5, 0.6) is 5.75 Å². The predicted octanol–water partition coefficient (Wildman–Crippen LogP) is 0.0808. The third kappa shape index (κ3) is 6.01. The van der Waals surface area contributed by atoms with Gasteiger partial charge in [-0.3, -0.25) is 4.79 Å². The fourth-order valence-electron chi connectivity index (χ4n) is 1.64. The second-order valence-electron chi connectivity index (χ2n) is 4.27. The van der Waals surface area contributed by atoms with Gasteiger partial charge < -0.3 is 25.2 Å². The molecule has 0 heterocycles. The lowest BCUT2D eigenvalue weighted by atomic mass is 10.1. The molecule has 0 bridgehead atoms. The smallest absolute Gasteiger partial charge is 0.234 e. The van der Waals surface area contributed by atoms with Gasteiger partial charge in [0.2, 0.25) is 5.91 Å². The monoisotopic (exact) mass is 282 g/mol. The zero-order chi connectivity index (χ0) is 14.8. The first kappa shape index (κ1) is 16.4. The Morgan fingerprint density at radius 1 is 1.40 bits per heavy atom. The normalized spacial score (nSPS) is 11.9. The van der Waals surface area contributed by atoms with Gasteiger partial charge in [-0.15, -0.1) is 0 Å². The number of rotatable bonds is 9. The Labute approximate surface area is 119 Å². The molecule has 3 N–H and O–H groups in total.